The van der Waals surface area contributed by atoms with E-state index in [0.29, 0.717) is 24.6 Å². The van der Waals surface area contributed by atoms with Crippen molar-refractivity contribution in [1.29, 1.82) is 0 Å². The van der Waals surface area contributed by atoms with Crippen LogP contribution in [0.25, 0.3) is 0 Å². The van der Waals surface area contributed by atoms with Crippen LogP contribution in [-0.4, -0.2) is 47.3 Å². The number of benzene rings is 2. The third-order valence-corrected chi connectivity index (χ3v) is 7.41. The van der Waals surface area contributed by atoms with Gasteiger partial charge in [-0.25, -0.2) is 0 Å². The Morgan fingerprint density at radius 1 is 1.03 bits per heavy atom. The zero-order chi connectivity index (χ0) is 23.7. The lowest BCUT2D eigenvalue weighted by molar-refractivity contribution is -0.119. The molecule has 2 aromatic carbocycles. The quantitative estimate of drug-likeness (QED) is 0.560. The minimum atomic E-state index is -0.282. The molecule has 3 heterocycles. The van der Waals surface area contributed by atoms with Crippen molar-refractivity contribution in [2.45, 2.75) is 49.7 Å². The van der Waals surface area contributed by atoms with Crippen molar-refractivity contribution in [3.8, 4) is 0 Å². The van der Waals surface area contributed by atoms with Crippen LogP contribution in [-0.2, 0) is 4.79 Å². The lowest BCUT2D eigenvalue weighted by Crippen LogP contribution is -2.49. The van der Waals surface area contributed by atoms with Gasteiger partial charge >= 0.3 is 0 Å². The average molecular weight is 458 g/mol. The van der Waals surface area contributed by atoms with Crippen molar-refractivity contribution >= 4 is 12.3 Å². The molecule has 1 aromatic heterocycles. The predicted octanol–water partition coefficient (Wildman–Crippen LogP) is 4.31. The summed E-state index contributed by atoms with van der Waals surface area (Å²) in [7, 11) is 0. The molecule has 3 aromatic rings. The molecule has 2 saturated heterocycles. The van der Waals surface area contributed by atoms with Crippen molar-refractivity contribution < 1.29 is 14.0 Å². The molecule has 2 aliphatic heterocycles. The van der Waals surface area contributed by atoms with Gasteiger partial charge in [0.1, 0.15) is 5.76 Å². The van der Waals surface area contributed by atoms with Crippen LogP contribution in [0.2, 0.25) is 0 Å². The summed E-state index contributed by atoms with van der Waals surface area (Å²) in [5.74, 6) is 1.13. The largest absolute Gasteiger partial charge is 0.454 e. The van der Waals surface area contributed by atoms with Crippen molar-refractivity contribution in [3.05, 3.63) is 95.4 Å². The summed E-state index contributed by atoms with van der Waals surface area (Å²) in [6.07, 6.45) is 2.64. The number of nitrogens with zero attached hydrogens (tertiary/aromatic N) is 2. The monoisotopic (exact) mass is 457 g/mol. The van der Waals surface area contributed by atoms with Crippen molar-refractivity contribution in [3.63, 3.8) is 0 Å². The normalized spacial score (nSPS) is 25.5. The van der Waals surface area contributed by atoms with E-state index < -0.39 is 0 Å². The molecular weight excluding hydrogens is 426 g/mol. The zero-order valence-electron chi connectivity index (χ0n) is 19.4. The van der Waals surface area contributed by atoms with E-state index in [2.05, 4.69) is 24.3 Å². The standard InChI is InChI=1S/C28H31N3O3/c1-19(29)25-12-13-26(34-25)28(33)31-17-22(20-8-4-2-5-9-20)16-24(31)27-23(14-15-30(27)18-32)21-10-6-3-7-11-21/h2-13,18-19,22-24,27H,14-17,29H2,1H3/t19-,22+,23-,24+,27?/m1/s1. The molecule has 0 saturated carbocycles. The molecule has 2 fully saturated rings. The van der Waals surface area contributed by atoms with Crippen LogP contribution in [0.15, 0.2) is 77.2 Å². The maximum Gasteiger partial charge on any atom is 0.289 e. The Morgan fingerprint density at radius 3 is 2.32 bits per heavy atom. The van der Waals surface area contributed by atoms with E-state index in [0.717, 1.165) is 19.3 Å². The van der Waals surface area contributed by atoms with E-state index in [1.807, 2.05) is 53.1 Å². The van der Waals surface area contributed by atoms with Crippen LogP contribution in [0.3, 0.4) is 0 Å². The van der Waals surface area contributed by atoms with Gasteiger partial charge in [0.05, 0.1) is 18.1 Å². The van der Waals surface area contributed by atoms with Gasteiger partial charge in [0.2, 0.25) is 6.41 Å². The number of carbonyl (C=O) groups excluding carboxylic acids is 2. The second-order valence-corrected chi connectivity index (χ2v) is 9.50. The molecule has 176 valence electrons. The topological polar surface area (TPSA) is 79.8 Å². The molecule has 2 amide bonds. The number of furan rings is 1. The molecule has 34 heavy (non-hydrogen) atoms. The van der Waals surface area contributed by atoms with Gasteiger partial charge in [0.25, 0.3) is 5.91 Å². The van der Waals surface area contributed by atoms with Gasteiger partial charge in [-0.15, -0.1) is 0 Å². The molecule has 0 radical (unpaired) electrons. The maximum absolute atomic E-state index is 13.7. The second-order valence-electron chi connectivity index (χ2n) is 9.50. The minimum absolute atomic E-state index is 0.0829. The summed E-state index contributed by atoms with van der Waals surface area (Å²) in [6, 6.07) is 23.7. The summed E-state index contributed by atoms with van der Waals surface area (Å²) in [6.45, 7) is 3.12. The Hall–Kier alpha value is -3.38. The third-order valence-electron chi connectivity index (χ3n) is 7.41. The van der Waals surface area contributed by atoms with E-state index in [1.165, 1.54) is 11.1 Å². The lowest BCUT2D eigenvalue weighted by atomic mass is 9.85. The molecule has 5 atom stereocenters. The Labute approximate surface area is 200 Å². The highest BCUT2D eigenvalue weighted by molar-refractivity contribution is 5.92. The van der Waals surface area contributed by atoms with Crippen molar-refractivity contribution in [1.82, 2.24) is 9.80 Å². The molecule has 1 unspecified atom stereocenters. The van der Waals surface area contributed by atoms with Crippen molar-refractivity contribution in [2.75, 3.05) is 13.1 Å². The van der Waals surface area contributed by atoms with Crippen LogP contribution in [0, 0.1) is 0 Å². The maximum atomic E-state index is 13.7. The highest BCUT2D eigenvalue weighted by Crippen LogP contribution is 2.43. The summed E-state index contributed by atoms with van der Waals surface area (Å²) >= 11 is 0. The third kappa shape index (κ3) is 4.14. The number of amides is 2. The van der Waals surface area contributed by atoms with E-state index in [4.69, 9.17) is 10.2 Å². The Morgan fingerprint density at radius 2 is 1.71 bits per heavy atom. The fraction of sp³-hybridized carbons (Fsp3) is 0.357. The highest BCUT2D eigenvalue weighted by atomic mass is 16.4. The number of carbonyl (C=O) groups is 2. The first kappa shape index (κ1) is 22.4. The first-order valence-corrected chi connectivity index (χ1v) is 12.0. The van der Waals surface area contributed by atoms with Crippen LogP contribution >= 0.6 is 0 Å². The predicted molar refractivity (Wildman–Crippen MR) is 130 cm³/mol. The van der Waals surface area contributed by atoms with Gasteiger partial charge in [-0.3, -0.25) is 9.59 Å². The smallest absolute Gasteiger partial charge is 0.289 e. The van der Waals surface area contributed by atoms with Gasteiger partial charge in [-0.05, 0) is 43.0 Å². The molecule has 0 aliphatic carbocycles. The van der Waals surface area contributed by atoms with E-state index >= 15 is 0 Å². The fourth-order valence-corrected chi connectivity index (χ4v) is 5.76. The van der Waals surface area contributed by atoms with E-state index in [-0.39, 0.29) is 35.9 Å². The molecule has 0 spiro atoms. The second kappa shape index (κ2) is 9.47. The van der Waals surface area contributed by atoms with Crippen LogP contribution in [0.1, 0.15) is 65.1 Å². The molecule has 6 heteroatoms. The first-order valence-electron chi connectivity index (χ1n) is 12.0. The van der Waals surface area contributed by atoms with Crippen LogP contribution in [0.4, 0.5) is 0 Å². The zero-order valence-corrected chi connectivity index (χ0v) is 19.4. The SMILES string of the molecule is C[C@@H](N)c1ccc(C(=O)N2C[C@@H](c3ccccc3)C[C@H]2C2[C@@H](c3ccccc3)CCN2C=O)o1. The molecule has 5 rings (SSSR count). The van der Waals surface area contributed by atoms with Gasteiger partial charge in [0.15, 0.2) is 5.76 Å². The van der Waals surface area contributed by atoms with Crippen molar-refractivity contribution in [2.24, 2.45) is 5.73 Å². The van der Waals surface area contributed by atoms with Gasteiger partial charge in [-0.1, -0.05) is 60.7 Å². The minimum Gasteiger partial charge on any atom is -0.454 e. The number of nitrogens with two attached hydrogens (primary N) is 1. The number of rotatable bonds is 6. The van der Waals surface area contributed by atoms with E-state index in [1.54, 1.807) is 12.1 Å². The molecule has 2 N–H and O–H groups in total. The Bertz CT molecular complexity index is 1130. The van der Waals surface area contributed by atoms with Gasteiger partial charge in [-0.2, -0.15) is 0 Å². The average Bonchev–Trinajstić information content (AvgIpc) is 3.62. The van der Waals surface area contributed by atoms with E-state index in [9.17, 15) is 9.59 Å². The first-order chi connectivity index (χ1) is 16.6. The Balaban J connectivity index is 1.52. The summed E-state index contributed by atoms with van der Waals surface area (Å²) in [5, 5.41) is 0. The number of hydrogen-bond acceptors (Lipinski definition) is 4. The Kier molecular flexibility index (Phi) is 6.24. The summed E-state index contributed by atoms with van der Waals surface area (Å²) < 4.78 is 5.84. The summed E-state index contributed by atoms with van der Waals surface area (Å²) in [5.41, 5.74) is 8.39. The van der Waals surface area contributed by atoms with Crippen LogP contribution < -0.4 is 5.73 Å². The molecule has 2 aliphatic rings. The molecular formula is C28H31N3O3. The fourth-order valence-electron chi connectivity index (χ4n) is 5.76. The number of hydrogen-bond donors (Lipinski definition) is 1. The number of likely N-dealkylation sites (tertiary alicyclic amines) is 2. The lowest BCUT2D eigenvalue weighted by Gasteiger charge is -2.36. The highest BCUT2D eigenvalue weighted by Gasteiger charge is 2.48. The van der Waals surface area contributed by atoms with Gasteiger partial charge in [0, 0.05) is 24.9 Å². The van der Waals surface area contributed by atoms with Gasteiger partial charge < -0.3 is 20.0 Å². The molecule has 0 bridgehead atoms. The molecule has 6 nitrogen and oxygen atoms in total. The summed E-state index contributed by atoms with van der Waals surface area (Å²) in [4.78, 5) is 29.7. The van der Waals surface area contributed by atoms with Crippen LogP contribution in [0.5, 0.6) is 0 Å².